The molecule has 0 N–H and O–H groups in total. The van der Waals surface area contributed by atoms with Crippen LogP contribution in [-0.2, 0) is 20.5 Å². The van der Waals surface area contributed by atoms with E-state index in [0.717, 1.165) is 29.5 Å². The van der Waals surface area contributed by atoms with Crippen molar-refractivity contribution >= 4 is 11.9 Å². The highest BCUT2D eigenvalue weighted by atomic mass is 19.4. The first-order valence-electron chi connectivity index (χ1n) is 10.5. The van der Waals surface area contributed by atoms with E-state index in [4.69, 9.17) is 9.47 Å². The molecule has 0 aliphatic heterocycles. The first kappa shape index (κ1) is 26.0. The Labute approximate surface area is 205 Å². The van der Waals surface area contributed by atoms with Gasteiger partial charge in [0.05, 0.1) is 5.56 Å². The van der Waals surface area contributed by atoms with Gasteiger partial charge >= 0.3 is 18.1 Å². The lowest BCUT2D eigenvalue weighted by Crippen LogP contribution is -2.11. The van der Waals surface area contributed by atoms with E-state index in [-0.39, 0.29) is 16.9 Å². The molecule has 0 saturated carbocycles. The number of ether oxygens (including phenoxy) is 3. The van der Waals surface area contributed by atoms with Crippen molar-refractivity contribution in [2.45, 2.75) is 13.1 Å². The number of alkyl halides is 3. The Morgan fingerprint density at radius 1 is 0.833 bits per heavy atom. The van der Waals surface area contributed by atoms with Gasteiger partial charge < -0.3 is 14.2 Å². The van der Waals surface area contributed by atoms with Crippen LogP contribution in [0.15, 0.2) is 104 Å². The fraction of sp³-hybridized carbons (Fsp3) is 0.0714. The van der Waals surface area contributed by atoms with Gasteiger partial charge in [-0.3, -0.25) is 0 Å². The molecule has 0 amide bonds. The largest absolute Gasteiger partial charge is 0.462 e. The molecule has 0 unspecified atom stereocenters. The summed E-state index contributed by atoms with van der Waals surface area (Å²) in [4.78, 5) is 22.6. The second-order valence-electron chi connectivity index (χ2n) is 7.51. The van der Waals surface area contributed by atoms with E-state index in [9.17, 15) is 22.8 Å². The summed E-state index contributed by atoms with van der Waals surface area (Å²) in [6, 6.07) is 16.9. The summed E-state index contributed by atoms with van der Waals surface area (Å²) in [5, 5.41) is 0. The Morgan fingerprint density at radius 3 is 1.94 bits per heavy atom. The fourth-order valence-corrected chi connectivity index (χ4v) is 3.08. The van der Waals surface area contributed by atoms with Gasteiger partial charge in [-0.05, 0) is 53.4 Å². The Balaban J connectivity index is 1.79. The lowest BCUT2D eigenvalue weighted by molar-refractivity contribution is -0.138. The average Bonchev–Trinajstić information content (AvgIpc) is 2.86. The maximum Gasteiger partial charge on any atom is 0.417 e. The van der Waals surface area contributed by atoms with Crippen LogP contribution < -0.4 is 9.47 Å². The molecule has 5 nitrogen and oxygen atoms in total. The van der Waals surface area contributed by atoms with Crippen LogP contribution >= 0.6 is 0 Å². The zero-order valence-electron chi connectivity index (χ0n) is 19.2. The molecule has 0 aliphatic rings. The zero-order chi connectivity index (χ0) is 26.3. The first-order chi connectivity index (χ1) is 17.1. The van der Waals surface area contributed by atoms with Gasteiger partial charge in [0.15, 0.2) is 0 Å². The van der Waals surface area contributed by atoms with Crippen molar-refractivity contribution < 1.29 is 37.0 Å². The van der Waals surface area contributed by atoms with Gasteiger partial charge in [-0.15, -0.1) is 0 Å². The standard InChI is InChI=1S/C28H21F3O5/c1-4-26(32)35-16-15-34-22-11-9-20(10-12-22)19-5-7-21(8-6-19)24-14-13-23(36-27(33)18(2)3)17-25(24)28(29,30)31/h4-17H,1-2H2,3H3/b16-15-. The van der Waals surface area contributed by atoms with Gasteiger partial charge in [0, 0.05) is 11.6 Å². The molecule has 36 heavy (non-hydrogen) atoms. The van der Waals surface area contributed by atoms with E-state index in [1.807, 2.05) is 0 Å². The van der Waals surface area contributed by atoms with Crippen molar-refractivity contribution in [3.63, 3.8) is 0 Å². The Bertz CT molecular complexity index is 1300. The van der Waals surface area contributed by atoms with Gasteiger partial charge in [-0.1, -0.05) is 55.6 Å². The summed E-state index contributed by atoms with van der Waals surface area (Å²) in [6.07, 6.45) is -1.35. The molecular formula is C28H21F3O5. The number of hydrogen-bond donors (Lipinski definition) is 0. The van der Waals surface area contributed by atoms with Crippen LogP contribution in [0.1, 0.15) is 12.5 Å². The Hall–Kier alpha value is -4.59. The highest BCUT2D eigenvalue weighted by Crippen LogP contribution is 2.39. The maximum absolute atomic E-state index is 13.8. The second-order valence-corrected chi connectivity index (χ2v) is 7.51. The number of carbonyl (C=O) groups is 2. The van der Waals surface area contributed by atoms with E-state index >= 15 is 0 Å². The van der Waals surface area contributed by atoms with E-state index in [1.54, 1.807) is 48.5 Å². The highest BCUT2D eigenvalue weighted by Gasteiger charge is 2.34. The minimum absolute atomic E-state index is 0.0446. The van der Waals surface area contributed by atoms with Gasteiger partial charge in [0.1, 0.15) is 24.0 Å². The molecule has 0 aliphatic carbocycles. The van der Waals surface area contributed by atoms with Gasteiger partial charge in [0.25, 0.3) is 0 Å². The molecule has 0 spiro atoms. The van der Waals surface area contributed by atoms with Crippen LogP contribution in [0.3, 0.4) is 0 Å². The lowest BCUT2D eigenvalue weighted by Gasteiger charge is -2.15. The third-order valence-electron chi connectivity index (χ3n) is 4.85. The summed E-state index contributed by atoms with van der Waals surface area (Å²) in [5.74, 6) is -1.14. The number of esters is 2. The van der Waals surface area contributed by atoms with Crippen LogP contribution in [0.2, 0.25) is 0 Å². The molecule has 0 bridgehead atoms. The summed E-state index contributed by atoms with van der Waals surface area (Å²) >= 11 is 0. The van der Waals surface area contributed by atoms with Crippen molar-refractivity contribution in [1.82, 2.24) is 0 Å². The quantitative estimate of drug-likeness (QED) is 0.145. The monoisotopic (exact) mass is 494 g/mol. The Morgan fingerprint density at radius 2 is 1.39 bits per heavy atom. The topological polar surface area (TPSA) is 61.8 Å². The predicted molar refractivity (Wildman–Crippen MR) is 129 cm³/mol. The van der Waals surface area contributed by atoms with Crippen molar-refractivity contribution in [2.75, 3.05) is 0 Å². The third kappa shape index (κ3) is 6.73. The molecule has 3 aromatic carbocycles. The molecule has 0 atom stereocenters. The molecule has 0 saturated heterocycles. The molecule has 0 heterocycles. The second kappa shape index (κ2) is 11.2. The van der Waals surface area contributed by atoms with Crippen molar-refractivity contribution in [3.05, 3.63) is 110 Å². The van der Waals surface area contributed by atoms with Crippen LogP contribution in [0, 0.1) is 0 Å². The highest BCUT2D eigenvalue weighted by molar-refractivity contribution is 5.89. The molecule has 0 radical (unpaired) electrons. The van der Waals surface area contributed by atoms with Crippen LogP contribution in [0.5, 0.6) is 11.5 Å². The first-order valence-corrected chi connectivity index (χ1v) is 10.5. The Kier molecular flexibility index (Phi) is 8.11. The van der Waals surface area contributed by atoms with Crippen LogP contribution in [0.4, 0.5) is 13.2 Å². The van der Waals surface area contributed by atoms with Crippen molar-refractivity contribution in [3.8, 4) is 33.8 Å². The number of benzene rings is 3. The maximum atomic E-state index is 13.8. The zero-order valence-corrected chi connectivity index (χ0v) is 19.2. The normalized spacial score (nSPS) is 11.1. The minimum atomic E-state index is -4.66. The summed E-state index contributed by atoms with van der Waals surface area (Å²) in [5.41, 5.74) is 1.05. The molecule has 8 heteroatoms. The van der Waals surface area contributed by atoms with E-state index in [2.05, 4.69) is 17.9 Å². The van der Waals surface area contributed by atoms with E-state index in [0.29, 0.717) is 11.3 Å². The average molecular weight is 494 g/mol. The van der Waals surface area contributed by atoms with Gasteiger partial charge in [-0.2, -0.15) is 13.2 Å². The SMILES string of the molecule is C=CC(=O)O/C=C\Oc1ccc(-c2ccc(-c3ccc(OC(=O)C(=C)C)cc3C(F)(F)F)cc2)cc1. The minimum Gasteiger partial charge on any atom is -0.462 e. The number of hydrogen-bond acceptors (Lipinski definition) is 5. The molecule has 0 fully saturated rings. The van der Waals surface area contributed by atoms with Crippen molar-refractivity contribution in [1.29, 1.82) is 0 Å². The number of rotatable bonds is 8. The molecule has 184 valence electrons. The number of carbonyl (C=O) groups excluding carboxylic acids is 2. The van der Waals surface area contributed by atoms with E-state index in [1.165, 1.54) is 25.3 Å². The van der Waals surface area contributed by atoms with Crippen LogP contribution in [-0.4, -0.2) is 11.9 Å². The number of halogens is 3. The van der Waals surface area contributed by atoms with E-state index < -0.39 is 23.7 Å². The van der Waals surface area contributed by atoms with Gasteiger partial charge in [-0.25, -0.2) is 9.59 Å². The van der Waals surface area contributed by atoms with Crippen molar-refractivity contribution in [2.24, 2.45) is 0 Å². The summed E-state index contributed by atoms with van der Waals surface area (Å²) in [7, 11) is 0. The predicted octanol–water partition coefficient (Wildman–Crippen LogP) is 7.10. The molecule has 0 aromatic heterocycles. The smallest absolute Gasteiger partial charge is 0.417 e. The summed E-state index contributed by atoms with van der Waals surface area (Å²) < 4.78 is 56.2. The summed E-state index contributed by atoms with van der Waals surface area (Å²) in [6.45, 7) is 8.11. The molecule has 3 aromatic rings. The molecule has 3 rings (SSSR count). The van der Waals surface area contributed by atoms with Crippen LogP contribution in [0.25, 0.3) is 22.3 Å². The fourth-order valence-electron chi connectivity index (χ4n) is 3.08. The molecular weight excluding hydrogens is 473 g/mol. The third-order valence-corrected chi connectivity index (χ3v) is 4.85. The lowest BCUT2D eigenvalue weighted by atomic mass is 9.96. The van der Waals surface area contributed by atoms with Gasteiger partial charge in [0.2, 0.25) is 0 Å².